The molecule has 1 aliphatic carbocycles. The highest BCUT2D eigenvalue weighted by Gasteiger charge is 2.40. The molecule has 2 atom stereocenters. The van der Waals surface area contributed by atoms with E-state index < -0.39 is 17.3 Å². The summed E-state index contributed by atoms with van der Waals surface area (Å²) < 4.78 is 7.03. The number of nitrogens with zero attached hydrogens (tertiary/aromatic N) is 2. The molecule has 1 N–H and O–H groups in total. The van der Waals surface area contributed by atoms with Gasteiger partial charge in [-0.25, -0.2) is 14.3 Å². The maximum absolute atomic E-state index is 12.1. The van der Waals surface area contributed by atoms with E-state index in [-0.39, 0.29) is 11.8 Å². The number of carbonyl (C=O) groups is 1. The van der Waals surface area contributed by atoms with E-state index in [1.54, 1.807) is 12.4 Å². The molecule has 1 heterocycles. The van der Waals surface area contributed by atoms with Crippen LogP contribution in [0, 0.1) is 11.8 Å². The summed E-state index contributed by atoms with van der Waals surface area (Å²) in [6.45, 7) is 7.65. The van der Waals surface area contributed by atoms with Crippen molar-refractivity contribution in [1.29, 1.82) is 0 Å². The first-order chi connectivity index (χ1) is 9.70. The third kappa shape index (κ3) is 3.84. The monoisotopic (exact) mass is 294 g/mol. The Labute approximate surface area is 126 Å². The average Bonchev–Trinajstić information content (AvgIpc) is 2.91. The maximum atomic E-state index is 12.1. The summed E-state index contributed by atoms with van der Waals surface area (Å²) in [5.41, 5.74) is -1.23. The van der Waals surface area contributed by atoms with Crippen molar-refractivity contribution in [2.75, 3.05) is 0 Å². The fraction of sp³-hybridized carbons (Fsp3) is 0.750. The van der Waals surface area contributed by atoms with E-state index in [9.17, 15) is 9.90 Å². The van der Waals surface area contributed by atoms with Gasteiger partial charge in [-0.3, -0.25) is 0 Å². The zero-order chi connectivity index (χ0) is 15.7. The minimum Gasteiger partial charge on any atom is -0.443 e. The summed E-state index contributed by atoms with van der Waals surface area (Å²) in [5, 5.41) is 10.2. The number of aliphatic hydroxyl groups is 1. The second kappa shape index (κ2) is 5.79. The van der Waals surface area contributed by atoms with E-state index in [4.69, 9.17) is 4.74 Å². The fourth-order valence-electron chi connectivity index (χ4n) is 3.19. The molecule has 0 saturated heterocycles. The van der Waals surface area contributed by atoms with Gasteiger partial charge in [0.05, 0.1) is 5.60 Å². The van der Waals surface area contributed by atoms with Gasteiger partial charge >= 0.3 is 6.09 Å². The molecule has 1 saturated carbocycles. The number of imidazole rings is 1. The van der Waals surface area contributed by atoms with Crippen LogP contribution in [0.15, 0.2) is 18.7 Å². The smallest absolute Gasteiger partial charge is 0.419 e. The molecule has 0 spiro atoms. The highest BCUT2D eigenvalue weighted by molar-refractivity contribution is 5.70. The summed E-state index contributed by atoms with van der Waals surface area (Å²) in [7, 11) is 0. The molecule has 5 heteroatoms. The summed E-state index contributed by atoms with van der Waals surface area (Å²) in [6, 6.07) is 0. The Balaban J connectivity index is 2.03. The van der Waals surface area contributed by atoms with Gasteiger partial charge in [0.1, 0.15) is 11.9 Å². The molecule has 0 aromatic carbocycles. The zero-order valence-corrected chi connectivity index (χ0v) is 13.4. The van der Waals surface area contributed by atoms with Crippen molar-refractivity contribution in [2.45, 2.75) is 64.6 Å². The Kier molecular flexibility index (Phi) is 4.42. The van der Waals surface area contributed by atoms with E-state index in [2.05, 4.69) is 4.98 Å². The topological polar surface area (TPSA) is 64.3 Å². The van der Waals surface area contributed by atoms with Crippen LogP contribution in [0.25, 0.3) is 0 Å². The second-order valence-corrected chi connectivity index (χ2v) is 7.16. The van der Waals surface area contributed by atoms with Gasteiger partial charge in [-0.1, -0.05) is 6.42 Å². The molecule has 118 valence electrons. The van der Waals surface area contributed by atoms with Crippen molar-refractivity contribution in [1.82, 2.24) is 9.55 Å². The van der Waals surface area contributed by atoms with Crippen LogP contribution >= 0.6 is 0 Å². The minimum atomic E-state index is -0.677. The van der Waals surface area contributed by atoms with Crippen LogP contribution in [0.3, 0.4) is 0 Å². The van der Waals surface area contributed by atoms with Crippen LogP contribution in [-0.2, 0) is 4.74 Å². The molecule has 1 aromatic rings. The number of aromatic nitrogens is 2. The van der Waals surface area contributed by atoms with Gasteiger partial charge in [0.25, 0.3) is 0 Å². The molecule has 2 unspecified atom stereocenters. The maximum Gasteiger partial charge on any atom is 0.419 e. The molecule has 0 radical (unpaired) electrons. The van der Waals surface area contributed by atoms with Gasteiger partial charge in [-0.15, -0.1) is 0 Å². The van der Waals surface area contributed by atoms with Gasteiger partial charge in [0, 0.05) is 12.4 Å². The zero-order valence-electron chi connectivity index (χ0n) is 13.4. The van der Waals surface area contributed by atoms with Gasteiger partial charge < -0.3 is 9.84 Å². The van der Waals surface area contributed by atoms with E-state index >= 15 is 0 Å². The average molecular weight is 294 g/mol. The largest absolute Gasteiger partial charge is 0.443 e. The molecule has 1 aromatic heterocycles. The first-order valence-electron chi connectivity index (χ1n) is 7.64. The molecule has 5 nitrogen and oxygen atoms in total. The Bertz CT molecular complexity index is 474. The first kappa shape index (κ1) is 16.0. The molecule has 0 amide bonds. The Morgan fingerprint density at radius 2 is 1.95 bits per heavy atom. The predicted molar refractivity (Wildman–Crippen MR) is 79.9 cm³/mol. The lowest BCUT2D eigenvalue weighted by Crippen LogP contribution is -2.44. The number of carbonyl (C=O) groups excluding carboxylic acids is 1. The molecule has 1 fully saturated rings. The normalized spacial score (nSPS) is 23.9. The number of rotatable bonds is 3. The Hall–Kier alpha value is -1.36. The van der Waals surface area contributed by atoms with Gasteiger partial charge in [0.2, 0.25) is 0 Å². The van der Waals surface area contributed by atoms with E-state index in [0.717, 1.165) is 25.7 Å². The van der Waals surface area contributed by atoms with Crippen LogP contribution in [0.5, 0.6) is 0 Å². The van der Waals surface area contributed by atoms with E-state index in [1.165, 1.54) is 10.9 Å². The third-order valence-electron chi connectivity index (χ3n) is 4.72. The standard InChI is InChI=1S/C16H26N2O3/c1-15(2,20)12-6-5-7-13(10-12)16(3,4)21-14(19)18-9-8-17-11-18/h8-9,11-13,20H,5-7,10H2,1-4H3. The van der Waals surface area contributed by atoms with E-state index in [0.29, 0.717) is 0 Å². The van der Waals surface area contributed by atoms with Crippen LogP contribution in [0.1, 0.15) is 53.4 Å². The lowest BCUT2D eigenvalue weighted by molar-refractivity contribution is -0.0608. The quantitative estimate of drug-likeness (QED) is 0.929. The van der Waals surface area contributed by atoms with Crippen molar-refractivity contribution in [3.8, 4) is 0 Å². The van der Waals surface area contributed by atoms with Crippen LogP contribution in [0.2, 0.25) is 0 Å². The van der Waals surface area contributed by atoms with Gasteiger partial charge in [-0.2, -0.15) is 0 Å². The summed E-state index contributed by atoms with van der Waals surface area (Å²) in [5.74, 6) is 0.512. The van der Waals surface area contributed by atoms with Crippen molar-refractivity contribution in [3.05, 3.63) is 18.7 Å². The Morgan fingerprint density at radius 1 is 1.29 bits per heavy atom. The molecule has 21 heavy (non-hydrogen) atoms. The lowest BCUT2D eigenvalue weighted by Gasteiger charge is -2.42. The van der Waals surface area contributed by atoms with Crippen molar-refractivity contribution in [3.63, 3.8) is 0 Å². The van der Waals surface area contributed by atoms with Crippen LogP contribution in [-0.4, -0.2) is 32.0 Å². The predicted octanol–water partition coefficient (Wildman–Crippen LogP) is 3.22. The van der Waals surface area contributed by atoms with Crippen molar-refractivity contribution < 1.29 is 14.6 Å². The lowest BCUT2D eigenvalue weighted by atomic mass is 9.69. The third-order valence-corrected chi connectivity index (χ3v) is 4.72. The molecular weight excluding hydrogens is 268 g/mol. The summed E-state index contributed by atoms with van der Waals surface area (Å²) in [4.78, 5) is 16.0. The molecule has 1 aliphatic rings. The van der Waals surface area contributed by atoms with Crippen LogP contribution < -0.4 is 0 Å². The summed E-state index contributed by atoms with van der Waals surface area (Å²) >= 11 is 0. The van der Waals surface area contributed by atoms with Crippen molar-refractivity contribution in [2.24, 2.45) is 11.8 Å². The minimum absolute atomic E-state index is 0.252. The number of hydrogen-bond acceptors (Lipinski definition) is 4. The first-order valence-corrected chi connectivity index (χ1v) is 7.64. The van der Waals surface area contributed by atoms with E-state index in [1.807, 2.05) is 27.7 Å². The SMILES string of the molecule is CC(C)(O)C1CCCC(C(C)(C)OC(=O)n2ccnc2)C1. The second-order valence-electron chi connectivity index (χ2n) is 7.16. The number of hydrogen-bond donors (Lipinski definition) is 1. The number of ether oxygens (including phenoxy) is 1. The fourth-order valence-corrected chi connectivity index (χ4v) is 3.19. The van der Waals surface area contributed by atoms with Crippen LogP contribution in [0.4, 0.5) is 4.79 Å². The molecule has 0 aliphatic heterocycles. The molecule has 0 bridgehead atoms. The van der Waals surface area contributed by atoms with Gasteiger partial charge in [0.15, 0.2) is 0 Å². The summed E-state index contributed by atoms with van der Waals surface area (Å²) in [6.07, 6.45) is 8.18. The van der Waals surface area contributed by atoms with Gasteiger partial charge in [-0.05, 0) is 58.8 Å². The highest BCUT2D eigenvalue weighted by atomic mass is 16.6. The molecule has 2 rings (SSSR count). The Morgan fingerprint density at radius 3 is 2.52 bits per heavy atom. The highest BCUT2D eigenvalue weighted by Crippen LogP contribution is 2.41. The van der Waals surface area contributed by atoms with Crippen molar-refractivity contribution >= 4 is 6.09 Å². The molecular formula is C16H26N2O3.